The number of carbonyl (C=O) groups excluding carboxylic acids is 1. The topological polar surface area (TPSA) is 84.0 Å². The maximum Gasteiger partial charge on any atom is 0.251 e. The lowest BCUT2D eigenvalue weighted by atomic mass is 10.1. The van der Waals surface area contributed by atoms with Crippen molar-refractivity contribution in [3.8, 4) is 11.5 Å². The predicted octanol–water partition coefficient (Wildman–Crippen LogP) is 1.84. The second-order valence-corrected chi connectivity index (χ2v) is 5.99. The molecule has 1 amide bonds. The Morgan fingerprint density at radius 3 is 2.25 bits per heavy atom. The fraction of sp³-hybridized carbons (Fsp3) is 0.333. The zero-order valence-corrected chi connectivity index (χ0v) is 16.6. The summed E-state index contributed by atoms with van der Waals surface area (Å²) >= 11 is 0. The number of hydrogen-bond donors (Lipinski definition) is 3. The SMILES string of the molecule is CN=C(NCCNC(=O)c1ccccc1)NCCc1ccc(OC)c(OC)c1. The Balaban J connectivity index is 1.69. The van der Waals surface area contributed by atoms with Crippen LogP contribution in [-0.2, 0) is 6.42 Å². The summed E-state index contributed by atoms with van der Waals surface area (Å²) in [6, 6.07) is 15.0. The van der Waals surface area contributed by atoms with Crippen LogP contribution in [0.4, 0.5) is 0 Å². The van der Waals surface area contributed by atoms with Gasteiger partial charge in [-0.1, -0.05) is 24.3 Å². The van der Waals surface area contributed by atoms with E-state index in [2.05, 4.69) is 20.9 Å². The molecule has 150 valence electrons. The van der Waals surface area contributed by atoms with Crippen LogP contribution >= 0.6 is 0 Å². The van der Waals surface area contributed by atoms with Gasteiger partial charge in [-0.05, 0) is 36.2 Å². The minimum absolute atomic E-state index is 0.0844. The van der Waals surface area contributed by atoms with Crippen LogP contribution in [0.1, 0.15) is 15.9 Å². The van der Waals surface area contributed by atoms with Gasteiger partial charge >= 0.3 is 0 Å². The van der Waals surface area contributed by atoms with Crippen molar-refractivity contribution in [1.29, 1.82) is 0 Å². The van der Waals surface area contributed by atoms with Gasteiger partial charge in [-0.15, -0.1) is 0 Å². The van der Waals surface area contributed by atoms with Crippen LogP contribution in [0, 0.1) is 0 Å². The maximum atomic E-state index is 12.0. The van der Waals surface area contributed by atoms with Crippen LogP contribution in [0.3, 0.4) is 0 Å². The Hall–Kier alpha value is -3.22. The highest BCUT2D eigenvalue weighted by Crippen LogP contribution is 2.27. The van der Waals surface area contributed by atoms with Gasteiger partial charge in [-0.25, -0.2) is 0 Å². The number of methoxy groups -OCH3 is 2. The Labute approximate surface area is 166 Å². The number of hydrogen-bond acceptors (Lipinski definition) is 4. The molecule has 0 aliphatic rings. The molecule has 0 radical (unpaired) electrons. The molecule has 0 atom stereocenters. The van der Waals surface area contributed by atoms with E-state index in [9.17, 15) is 4.79 Å². The fourth-order valence-corrected chi connectivity index (χ4v) is 2.63. The monoisotopic (exact) mass is 384 g/mol. The average Bonchev–Trinajstić information content (AvgIpc) is 2.75. The van der Waals surface area contributed by atoms with E-state index in [0.717, 1.165) is 17.7 Å². The number of ether oxygens (including phenoxy) is 2. The van der Waals surface area contributed by atoms with Gasteiger partial charge in [0.05, 0.1) is 14.2 Å². The predicted molar refractivity (Wildman–Crippen MR) is 111 cm³/mol. The Kier molecular flexibility index (Phi) is 8.65. The molecule has 2 aromatic rings. The molecule has 0 spiro atoms. The lowest BCUT2D eigenvalue weighted by Gasteiger charge is -2.13. The smallest absolute Gasteiger partial charge is 0.251 e. The van der Waals surface area contributed by atoms with E-state index < -0.39 is 0 Å². The normalized spacial score (nSPS) is 10.9. The number of carbonyl (C=O) groups is 1. The first-order valence-electron chi connectivity index (χ1n) is 9.16. The van der Waals surface area contributed by atoms with Gasteiger partial charge in [0.25, 0.3) is 5.91 Å². The molecule has 2 aromatic carbocycles. The third-order valence-corrected chi connectivity index (χ3v) is 4.12. The third kappa shape index (κ3) is 6.50. The van der Waals surface area contributed by atoms with Gasteiger partial charge in [-0.2, -0.15) is 0 Å². The third-order valence-electron chi connectivity index (χ3n) is 4.12. The molecule has 0 unspecified atom stereocenters. The van der Waals surface area contributed by atoms with Gasteiger partial charge in [0, 0.05) is 32.2 Å². The zero-order chi connectivity index (χ0) is 20.2. The van der Waals surface area contributed by atoms with E-state index in [1.807, 2.05) is 36.4 Å². The molecule has 2 rings (SSSR count). The first kappa shape index (κ1) is 21.1. The molecular formula is C21H28N4O3. The fourth-order valence-electron chi connectivity index (χ4n) is 2.63. The minimum atomic E-state index is -0.0844. The van der Waals surface area contributed by atoms with Gasteiger partial charge in [0.15, 0.2) is 17.5 Å². The van der Waals surface area contributed by atoms with Crippen LogP contribution < -0.4 is 25.4 Å². The van der Waals surface area contributed by atoms with Crippen molar-refractivity contribution in [1.82, 2.24) is 16.0 Å². The highest BCUT2D eigenvalue weighted by atomic mass is 16.5. The van der Waals surface area contributed by atoms with E-state index in [-0.39, 0.29) is 5.91 Å². The summed E-state index contributed by atoms with van der Waals surface area (Å²) in [7, 11) is 4.97. The van der Waals surface area contributed by atoms with E-state index in [4.69, 9.17) is 9.47 Å². The summed E-state index contributed by atoms with van der Waals surface area (Å²) in [5.41, 5.74) is 1.79. The summed E-state index contributed by atoms with van der Waals surface area (Å²) < 4.78 is 10.6. The van der Waals surface area contributed by atoms with Crippen LogP contribution in [-0.4, -0.2) is 52.8 Å². The maximum absolute atomic E-state index is 12.0. The van der Waals surface area contributed by atoms with E-state index in [0.29, 0.717) is 36.9 Å². The van der Waals surface area contributed by atoms with Crippen molar-refractivity contribution in [3.05, 3.63) is 59.7 Å². The highest BCUT2D eigenvalue weighted by Gasteiger charge is 2.06. The number of benzene rings is 2. The minimum Gasteiger partial charge on any atom is -0.493 e. The summed E-state index contributed by atoms with van der Waals surface area (Å²) in [5, 5.41) is 9.31. The van der Waals surface area contributed by atoms with Gasteiger partial charge < -0.3 is 25.4 Å². The van der Waals surface area contributed by atoms with E-state index >= 15 is 0 Å². The number of rotatable bonds is 9. The molecule has 0 aromatic heterocycles. The molecule has 7 nitrogen and oxygen atoms in total. The van der Waals surface area contributed by atoms with Crippen molar-refractivity contribution < 1.29 is 14.3 Å². The molecule has 28 heavy (non-hydrogen) atoms. The van der Waals surface area contributed by atoms with Crippen molar-refractivity contribution in [2.24, 2.45) is 4.99 Å². The molecule has 0 aliphatic heterocycles. The molecular weight excluding hydrogens is 356 g/mol. The number of aliphatic imine (C=N–C) groups is 1. The molecule has 3 N–H and O–H groups in total. The number of nitrogens with one attached hydrogen (secondary N) is 3. The van der Waals surface area contributed by atoms with E-state index in [1.165, 1.54) is 0 Å². The number of nitrogens with zero attached hydrogens (tertiary/aromatic N) is 1. The molecule has 0 heterocycles. The Morgan fingerprint density at radius 1 is 0.893 bits per heavy atom. The number of guanidine groups is 1. The summed E-state index contributed by atoms with van der Waals surface area (Å²) in [6.07, 6.45) is 0.811. The standard InChI is InChI=1S/C21H28N4O3/c1-22-21(25-14-13-23-20(26)17-7-5-4-6-8-17)24-12-11-16-9-10-18(27-2)19(15-16)28-3/h4-10,15H,11-14H2,1-3H3,(H,23,26)(H2,22,24,25). The summed E-state index contributed by atoms with van der Waals surface area (Å²) in [4.78, 5) is 16.2. The Bertz CT molecular complexity index is 778. The first-order chi connectivity index (χ1) is 13.7. The first-order valence-corrected chi connectivity index (χ1v) is 9.16. The molecule has 0 saturated heterocycles. The van der Waals surface area contributed by atoms with Gasteiger partial charge in [0.2, 0.25) is 0 Å². The zero-order valence-electron chi connectivity index (χ0n) is 16.6. The molecule has 0 saturated carbocycles. The second-order valence-electron chi connectivity index (χ2n) is 5.99. The van der Waals surface area contributed by atoms with E-state index in [1.54, 1.807) is 33.4 Å². The lowest BCUT2D eigenvalue weighted by Crippen LogP contribution is -2.42. The van der Waals surface area contributed by atoms with Crippen molar-refractivity contribution in [2.45, 2.75) is 6.42 Å². The Morgan fingerprint density at radius 2 is 1.57 bits per heavy atom. The van der Waals surface area contributed by atoms with Gasteiger partial charge in [0.1, 0.15) is 0 Å². The second kappa shape index (κ2) is 11.5. The summed E-state index contributed by atoms with van der Waals surface area (Å²) in [5.74, 6) is 2.04. The van der Waals surface area contributed by atoms with Crippen molar-refractivity contribution in [2.75, 3.05) is 40.9 Å². The molecule has 0 bridgehead atoms. The van der Waals surface area contributed by atoms with Crippen LogP contribution in [0.2, 0.25) is 0 Å². The van der Waals surface area contributed by atoms with Crippen LogP contribution in [0.25, 0.3) is 0 Å². The van der Waals surface area contributed by atoms with Crippen LogP contribution in [0.5, 0.6) is 11.5 Å². The molecule has 0 aliphatic carbocycles. The average molecular weight is 384 g/mol. The molecule has 0 fully saturated rings. The van der Waals surface area contributed by atoms with Crippen molar-refractivity contribution in [3.63, 3.8) is 0 Å². The largest absolute Gasteiger partial charge is 0.493 e. The number of amides is 1. The van der Waals surface area contributed by atoms with Crippen molar-refractivity contribution >= 4 is 11.9 Å². The summed E-state index contributed by atoms with van der Waals surface area (Å²) in [6.45, 7) is 1.80. The van der Waals surface area contributed by atoms with Gasteiger partial charge in [-0.3, -0.25) is 9.79 Å². The lowest BCUT2D eigenvalue weighted by molar-refractivity contribution is 0.0954. The van der Waals surface area contributed by atoms with Crippen LogP contribution in [0.15, 0.2) is 53.5 Å². The molecule has 7 heteroatoms. The highest BCUT2D eigenvalue weighted by molar-refractivity contribution is 5.94. The quantitative estimate of drug-likeness (QED) is 0.349.